The van der Waals surface area contributed by atoms with Gasteiger partial charge in [0.2, 0.25) is 0 Å². The van der Waals surface area contributed by atoms with Crippen molar-refractivity contribution in [2.24, 2.45) is 0 Å². The Balaban J connectivity index is 1.17. The number of nitrogens with zero attached hydrogens (tertiary/aromatic N) is 5. The van der Waals surface area contributed by atoms with Gasteiger partial charge in [-0.05, 0) is 78.4 Å². The van der Waals surface area contributed by atoms with Gasteiger partial charge in [-0.15, -0.1) is 0 Å². The highest BCUT2D eigenvalue weighted by molar-refractivity contribution is 6.15. The zero-order valence-electron chi connectivity index (χ0n) is 29.5. The number of hydrogen-bond donors (Lipinski definition) is 0. The highest BCUT2D eigenvalue weighted by atomic mass is 15.1. The molecular weight excluding hydrogens is 671 g/mol. The SMILES string of the molecule is N#Cc1ccc2c3ccccc3n(-c3ccc(C#N)c(-c4cccc(-n5c6ccccc6c6cccc(-n7c8ccccc8c8ccccc87)c65)c4)c3)c2c1. The largest absolute Gasteiger partial charge is 0.309 e. The van der Waals surface area contributed by atoms with Gasteiger partial charge in [0.1, 0.15) is 0 Å². The number of nitriles is 2. The molecule has 8 aromatic carbocycles. The third kappa shape index (κ3) is 4.45. The van der Waals surface area contributed by atoms with Gasteiger partial charge in [-0.1, -0.05) is 103 Å². The third-order valence-corrected chi connectivity index (χ3v) is 11.1. The highest BCUT2D eigenvalue weighted by Crippen LogP contribution is 2.41. The Morgan fingerprint density at radius 2 is 0.909 bits per heavy atom. The van der Waals surface area contributed by atoms with E-state index in [1.54, 1.807) is 0 Å². The van der Waals surface area contributed by atoms with Crippen LogP contribution < -0.4 is 0 Å². The highest BCUT2D eigenvalue weighted by Gasteiger charge is 2.21. The van der Waals surface area contributed by atoms with Gasteiger partial charge in [-0.2, -0.15) is 10.5 Å². The lowest BCUT2D eigenvalue weighted by atomic mass is 9.98. The molecule has 0 aliphatic heterocycles. The second-order valence-electron chi connectivity index (χ2n) is 14.0. The Morgan fingerprint density at radius 1 is 0.364 bits per heavy atom. The van der Waals surface area contributed by atoms with Crippen LogP contribution in [-0.4, -0.2) is 13.7 Å². The van der Waals surface area contributed by atoms with Crippen molar-refractivity contribution in [3.05, 3.63) is 187 Å². The molecule has 0 fully saturated rings. The lowest BCUT2D eigenvalue weighted by molar-refractivity contribution is 1.13. The van der Waals surface area contributed by atoms with Crippen molar-refractivity contribution in [2.45, 2.75) is 0 Å². The molecule has 5 heteroatoms. The van der Waals surface area contributed by atoms with Crippen LogP contribution in [0.15, 0.2) is 176 Å². The predicted octanol–water partition coefficient (Wildman–Crippen LogP) is 12.4. The van der Waals surface area contributed by atoms with Crippen LogP contribution in [0.4, 0.5) is 0 Å². The lowest BCUT2D eigenvalue weighted by Crippen LogP contribution is -2.01. The normalized spacial score (nSPS) is 11.6. The second kappa shape index (κ2) is 11.8. The molecule has 0 spiro atoms. The van der Waals surface area contributed by atoms with Crippen molar-refractivity contribution < 1.29 is 0 Å². The molecule has 0 bridgehead atoms. The minimum atomic E-state index is 0.590. The molecule has 0 saturated carbocycles. The van der Waals surface area contributed by atoms with Gasteiger partial charge >= 0.3 is 0 Å². The van der Waals surface area contributed by atoms with E-state index < -0.39 is 0 Å². The Bertz CT molecular complexity index is 3420. The zero-order chi connectivity index (χ0) is 36.6. The number of para-hydroxylation sites is 5. The summed E-state index contributed by atoms with van der Waals surface area (Å²) >= 11 is 0. The summed E-state index contributed by atoms with van der Waals surface area (Å²) < 4.78 is 6.97. The monoisotopic (exact) mass is 699 g/mol. The first-order valence-electron chi connectivity index (χ1n) is 18.3. The maximum absolute atomic E-state index is 10.5. The van der Waals surface area contributed by atoms with E-state index in [1.165, 1.54) is 21.5 Å². The average molecular weight is 700 g/mol. The quantitative estimate of drug-likeness (QED) is 0.184. The topological polar surface area (TPSA) is 62.4 Å². The standard InChI is InChI=1S/C50H29N5/c51-30-32-23-26-41-39-15-1-5-18-44(39)53(49(41)27-32)36-25-24-34(31-52)43(29-36)33-11-9-12-35(28-33)54-45-19-6-4-16-40(45)42-17-10-22-48(50(42)54)55-46-20-7-2-13-37(46)38-14-3-8-21-47(38)55/h1-29H. The molecule has 5 nitrogen and oxygen atoms in total. The van der Waals surface area contributed by atoms with E-state index in [4.69, 9.17) is 0 Å². The Kier molecular flexibility index (Phi) is 6.61. The number of rotatable bonds is 4. The molecule has 0 unspecified atom stereocenters. The zero-order valence-corrected chi connectivity index (χ0v) is 29.5. The number of fused-ring (bicyclic) bond motifs is 9. The molecule has 11 rings (SSSR count). The van der Waals surface area contributed by atoms with Gasteiger partial charge in [-0.3, -0.25) is 0 Å². The van der Waals surface area contributed by atoms with Crippen molar-refractivity contribution in [1.82, 2.24) is 13.7 Å². The van der Waals surface area contributed by atoms with Crippen LogP contribution in [0.25, 0.3) is 93.6 Å². The molecule has 0 saturated heterocycles. The Morgan fingerprint density at radius 3 is 1.56 bits per heavy atom. The van der Waals surface area contributed by atoms with E-state index in [9.17, 15) is 10.5 Å². The Hall–Kier alpha value is -7.86. The minimum absolute atomic E-state index is 0.590. The van der Waals surface area contributed by atoms with Crippen LogP contribution in [0, 0.1) is 22.7 Å². The Labute approximate surface area is 316 Å². The summed E-state index contributed by atoms with van der Waals surface area (Å²) in [6, 6.07) is 66.0. The summed E-state index contributed by atoms with van der Waals surface area (Å²) in [5.74, 6) is 0. The molecule has 0 radical (unpaired) electrons. The van der Waals surface area contributed by atoms with Crippen LogP contribution >= 0.6 is 0 Å². The maximum atomic E-state index is 10.5. The van der Waals surface area contributed by atoms with E-state index in [0.29, 0.717) is 11.1 Å². The van der Waals surface area contributed by atoms with Gasteiger partial charge in [-0.25, -0.2) is 0 Å². The number of aromatic nitrogens is 3. The van der Waals surface area contributed by atoms with E-state index in [0.717, 1.165) is 72.1 Å². The first-order chi connectivity index (χ1) is 27.2. The average Bonchev–Trinajstić information content (AvgIpc) is 3.89. The molecule has 55 heavy (non-hydrogen) atoms. The fraction of sp³-hybridized carbons (Fsp3) is 0. The molecule has 0 amide bonds. The van der Waals surface area contributed by atoms with Crippen LogP contribution in [-0.2, 0) is 0 Å². The second-order valence-corrected chi connectivity index (χ2v) is 14.0. The molecule has 0 atom stereocenters. The summed E-state index contributed by atoms with van der Waals surface area (Å²) in [4.78, 5) is 0. The van der Waals surface area contributed by atoms with Crippen molar-refractivity contribution in [2.75, 3.05) is 0 Å². The first-order valence-corrected chi connectivity index (χ1v) is 18.3. The fourth-order valence-corrected chi connectivity index (χ4v) is 8.77. The van der Waals surface area contributed by atoms with Crippen molar-refractivity contribution in [3.8, 4) is 40.3 Å². The minimum Gasteiger partial charge on any atom is -0.309 e. The third-order valence-electron chi connectivity index (χ3n) is 11.1. The molecule has 0 aliphatic rings. The molecule has 0 N–H and O–H groups in total. The summed E-state index contributed by atoms with van der Waals surface area (Å²) in [6.45, 7) is 0. The van der Waals surface area contributed by atoms with Crippen molar-refractivity contribution in [3.63, 3.8) is 0 Å². The molecular formula is C50H29N5. The van der Waals surface area contributed by atoms with Gasteiger partial charge in [0.25, 0.3) is 0 Å². The van der Waals surface area contributed by atoms with Crippen LogP contribution in [0.1, 0.15) is 11.1 Å². The number of hydrogen-bond acceptors (Lipinski definition) is 2. The van der Waals surface area contributed by atoms with E-state index in [1.807, 2.05) is 42.5 Å². The van der Waals surface area contributed by atoms with Crippen LogP contribution in [0.3, 0.4) is 0 Å². The molecule has 3 heterocycles. The van der Waals surface area contributed by atoms with Gasteiger partial charge in [0.15, 0.2) is 0 Å². The number of benzene rings is 8. The predicted molar refractivity (Wildman–Crippen MR) is 224 cm³/mol. The summed E-state index contributed by atoms with van der Waals surface area (Å²) in [5.41, 5.74) is 12.5. The first kappa shape index (κ1) is 30.7. The van der Waals surface area contributed by atoms with Gasteiger partial charge < -0.3 is 13.7 Å². The summed E-state index contributed by atoms with van der Waals surface area (Å²) in [6.07, 6.45) is 0. The molecule has 254 valence electrons. The smallest absolute Gasteiger partial charge is 0.0998 e. The lowest BCUT2D eigenvalue weighted by Gasteiger charge is -2.16. The molecule has 3 aromatic heterocycles. The summed E-state index contributed by atoms with van der Waals surface area (Å²) in [7, 11) is 0. The molecule has 11 aromatic rings. The van der Waals surface area contributed by atoms with Gasteiger partial charge in [0, 0.05) is 49.3 Å². The maximum Gasteiger partial charge on any atom is 0.0998 e. The summed E-state index contributed by atoms with van der Waals surface area (Å²) in [5, 5.41) is 27.2. The fourth-order valence-electron chi connectivity index (χ4n) is 8.77. The van der Waals surface area contributed by atoms with Crippen molar-refractivity contribution >= 4 is 65.4 Å². The molecule has 0 aliphatic carbocycles. The van der Waals surface area contributed by atoms with E-state index in [-0.39, 0.29) is 0 Å². The van der Waals surface area contributed by atoms with Gasteiger partial charge in [0.05, 0.1) is 62.1 Å². The van der Waals surface area contributed by atoms with E-state index >= 15 is 0 Å². The van der Waals surface area contributed by atoms with Crippen molar-refractivity contribution in [1.29, 1.82) is 10.5 Å². The van der Waals surface area contributed by atoms with Crippen LogP contribution in [0.2, 0.25) is 0 Å². The van der Waals surface area contributed by atoms with Crippen LogP contribution in [0.5, 0.6) is 0 Å². The van der Waals surface area contributed by atoms with E-state index in [2.05, 4.69) is 159 Å².